The van der Waals surface area contributed by atoms with Crippen LogP contribution in [0.2, 0.25) is 0 Å². The molecule has 1 aromatic heterocycles. The number of amides is 1. The predicted octanol–water partition coefficient (Wildman–Crippen LogP) is 3.77. The highest BCUT2D eigenvalue weighted by Crippen LogP contribution is 2.21. The summed E-state index contributed by atoms with van der Waals surface area (Å²) in [7, 11) is 0. The summed E-state index contributed by atoms with van der Waals surface area (Å²) < 4.78 is 15.1. The van der Waals surface area contributed by atoms with Crippen molar-refractivity contribution in [1.82, 2.24) is 15.0 Å². The lowest BCUT2D eigenvalue weighted by Crippen LogP contribution is -2.24. The molecule has 0 aliphatic heterocycles. The number of rotatable bonds is 6. The maximum atomic E-state index is 13.6. The number of nitrogens with zero attached hydrogens (tertiary/aromatic N) is 3. The van der Waals surface area contributed by atoms with Crippen molar-refractivity contribution in [3.05, 3.63) is 101 Å². The molecule has 0 spiro atoms. The number of carbonyl (C=O) groups is 1. The highest BCUT2D eigenvalue weighted by molar-refractivity contribution is 7.99. The number of hydrogen-bond acceptors (Lipinski definition) is 5. The lowest BCUT2D eigenvalue weighted by molar-refractivity contribution is -0.118. The van der Waals surface area contributed by atoms with Gasteiger partial charge >= 0.3 is 0 Å². The second-order valence-electron chi connectivity index (χ2n) is 6.49. The quantitative estimate of drug-likeness (QED) is 0.218. The molecule has 0 unspecified atom stereocenters. The van der Waals surface area contributed by atoms with Crippen LogP contribution in [-0.2, 0) is 4.79 Å². The Morgan fingerprint density at radius 1 is 1.03 bits per heavy atom. The van der Waals surface area contributed by atoms with Crippen LogP contribution in [-0.4, -0.2) is 27.4 Å². The average Bonchev–Trinajstić information content (AvgIpc) is 2.80. The fraction of sp³-hybridized carbons (Fsp3) is 0.0435. The molecule has 0 radical (unpaired) electrons. The molecule has 4 aromatic rings. The molecule has 0 saturated heterocycles. The summed E-state index contributed by atoms with van der Waals surface area (Å²) in [6.45, 7) is 0. The van der Waals surface area contributed by atoms with Gasteiger partial charge in [-0.1, -0.05) is 60.3 Å². The number of halogens is 1. The molecular formula is C23H17FN4O2S. The van der Waals surface area contributed by atoms with Gasteiger partial charge in [0.25, 0.3) is 11.5 Å². The molecule has 1 heterocycles. The van der Waals surface area contributed by atoms with Crippen molar-refractivity contribution in [1.29, 1.82) is 0 Å². The molecule has 1 N–H and O–H groups in total. The Morgan fingerprint density at radius 3 is 2.55 bits per heavy atom. The summed E-state index contributed by atoms with van der Waals surface area (Å²) in [6.07, 6.45) is 1.24. The summed E-state index contributed by atoms with van der Waals surface area (Å²) in [5, 5.41) is 4.68. The van der Waals surface area contributed by atoms with Crippen LogP contribution in [0.3, 0.4) is 0 Å². The summed E-state index contributed by atoms with van der Waals surface area (Å²) in [5.74, 6) is -0.853. The van der Waals surface area contributed by atoms with Gasteiger partial charge in [0.15, 0.2) is 5.16 Å². The van der Waals surface area contributed by atoms with Gasteiger partial charge in [-0.2, -0.15) is 5.10 Å². The first-order valence-electron chi connectivity index (χ1n) is 9.40. The van der Waals surface area contributed by atoms with Gasteiger partial charge in [-0.25, -0.2) is 14.8 Å². The average molecular weight is 432 g/mol. The molecule has 154 valence electrons. The van der Waals surface area contributed by atoms with Gasteiger partial charge < -0.3 is 0 Å². The fourth-order valence-electron chi connectivity index (χ4n) is 2.93. The highest BCUT2D eigenvalue weighted by atomic mass is 32.2. The zero-order chi connectivity index (χ0) is 21.6. The predicted molar refractivity (Wildman–Crippen MR) is 120 cm³/mol. The largest absolute Gasteiger partial charge is 0.272 e. The molecule has 0 fully saturated rings. The van der Waals surface area contributed by atoms with E-state index in [9.17, 15) is 14.0 Å². The van der Waals surface area contributed by atoms with Crippen LogP contribution in [0.15, 0.2) is 93.9 Å². The van der Waals surface area contributed by atoms with E-state index < -0.39 is 11.7 Å². The molecule has 0 saturated carbocycles. The molecule has 0 aliphatic rings. The van der Waals surface area contributed by atoms with Gasteiger partial charge in [0.05, 0.1) is 28.6 Å². The SMILES string of the molecule is O=C(CSc1nc2ccccc2c(=O)n1-c1ccccc1)NN=Cc1ccccc1F. The molecule has 1 amide bonds. The van der Waals surface area contributed by atoms with Crippen LogP contribution in [0.4, 0.5) is 4.39 Å². The smallest absolute Gasteiger partial charge is 0.266 e. The van der Waals surface area contributed by atoms with E-state index in [0.29, 0.717) is 21.7 Å². The molecule has 6 nitrogen and oxygen atoms in total. The third-order valence-electron chi connectivity index (χ3n) is 4.39. The van der Waals surface area contributed by atoms with Gasteiger partial charge in [-0.3, -0.25) is 14.2 Å². The zero-order valence-electron chi connectivity index (χ0n) is 16.2. The lowest BCUT2D eigenvalue weighted by atomic mass is 10.2. The Hall–Kier alpha value is -3.78. The Morgan fingerprint density at radius 2 is 1.74 bits per heavy atom. The normalized spacial score (nSPS) is 11.1. The Labute approximate surface area is 181 Å². The first-order valence-corrected chi connectivity index (χ1v) is 10.4. The summed E-state index contributed by atoms with van der Waals surface area (Å²) in [5.41, 5.74) is 3.64. The fourth-order valence-corrected chi connectivity index (χ4v) is 3.73. The van der Waals surface area contributed by atoms with Gasteiger partial charge in [0.1, 0.15) is 5.82 Å². The maximum absolute atomic E-state index is 13.6. The zero-order valence-corrected chi connectivity index (χ0v) is 17.1. The van der Waals surface area contributed by atoms with Crippen molar-refractivity contribution < 1.29 is 9.18 Å². The first-order chi connectivity index (χ1) is 15.1. The third kappa shape index (κ3) is 4.70. The third-order valence-corrected chi connectivity index (χ3v) is 5.33. The van der Waals surface area contributed by atoms with E-state index in [0.717, 1.165) is 11.8 Å². The Balaban J connectivity index is 1.56. The number of para-hydroxylation sites is 2. The van der Waals surface area contributed by atoms with Crippen LogP contribution in [0.1, 0.15) is 5.56 Å². The number of benzene rings is 3. The van der Waals surface area contributed by atoms with Crippen molar-refractivity contribution in [2.24, 2.45) is 5.10 Å². The van der Waals surface area contributed by atoms with E-state index in [1.807, 2.05) is 18.2 Å². The second kappa shape index (κ2) is 9.36. The number of fused-ring (bicyclic) bond motifs is 1. The van der Waals surface area contributed by atoms with Gasteiger partial charge in [0.2, 0.25) is 0 Å². The van der Waals surface area contributed by atoms with E-state index in [2.05, 4.69) is 15.5 Å². The molecule has 3 aromatic carbocycles. The van der Waals surface area contributed by atoms with Crippen LogP contribution in [0.25, 0.3) is 16.6 Å². The number of hydrazone groups is 1. The minimum atomic E-state index is -0.429. The summed E-state index contributed by atoms with van der Waals surface area (Å²) in [4.78, 5) is 29.9. The van der Waals surface area contributed by atoms with Gasteiger partial charge in [-0.15, -0.1) is 0 Å². The van der Waals surface area contributed by atoms with Crippen molar-refractivity contribution in [2.45, 2.75) is 5.16 Å². The van der Waals surface area contributed by atoms with Crippen molar-refractivity contribution in [3.63, 3.8) is 0 Å². The van der Waals surface area contributed by atoms with Crippen LogP contribution >= 0.6 is 11.8 Å². The number of thioether (sulfide) groups is 1. The number of aromatic nitrogens is 2. The van der Waals surface area contributed by atoms with Crippen LogP contribution in [0.5, 0.6) is 0 Å². The molecule has 31 heavy (non-hydrogen) atoms. The van der Waals surface area contributed by atoms with Crippen LogP contribution < -0.4 is 11.0 Å². The van der Waals surface area contributed by atoms with E-state index in [1.165, 1.54) is 16.8 Å². The highest BCUT2D eigenvalue weighted by Gasteiger charge is 2.14. The summed E-state index contributed by atoms with van der Waals surface area (Å²) >= 11 is 1.12. The van der Waals surface area contributed by atoms with Gasteiger partial charge in [0, 0.05) is 5.56 Å². The number of hydrogen-bond donors (Lipinski definition) is 1. The van der Waals surface area contributed by atoms with Crippen molar-refractivity contribution in [2.75, 3.05) is 5.75 Å². The Bertz CT molecular complexity index is 1320. The molecule has 0 atom stereocenters. The monoisotopic (exact) mass is 432 g/mol. The minimum Gasteiger partial charge on any atom is -0.272 e. The second-order valence-corrected chi connectivity index (χ2v) is 7.43. The van der Waals surface area contributed by atoms with E-state index in [-0.39, 0.29) is 16.9 Å². The molecule has 8 heteroatoms. The standard InChI is InChI=1S/C23H17FN4O2S/c24-19-12-6-4-8-16(19)14-25-27-21(29)15-31-23-26-20-13-7-5-11-18(20)22(30)28(23)17-9-2-1-3-10-17/h1-14H,15H2,(H,27,29). The van der Waals surface area contributed by atoms with Gasteiger partial charge in [-0.05, 0) is 30.3 Å². The molecular weight excluding hydrogens is 415 g/mol. The van der Waals surface area contributed by atoms with E-state index >= 15 is 0 Å². The first kappa shape index (κ1) is 20.5. The van der Waals surface area contributed by atoms with Crippen molar-refractivity contribution >= 4 is 34.8 Å². The van der Waals surface area contributed by atoms with E-state index in [4.69, 9.17) is 0 Å². The number of nitrogens with one attached hydrogen (secondary N) is 1. The van der Waals surface area contributed by atoms with Crippen molar-refractivity contribution in [3.8, 4) is 5.69 Å². The summed E-state index contributed by atoms with van der Waals surface area (Å²) in [6, 6.07) is 22.3. The van der Waals surface area contributed by atoms with Crippen LogP contribution in [0, 0.1) is 5.82 Å². The lowest BCUT2D eigenvalue weighted by Gasteiger charge is -2.12. The molecule has 0 aliphatic carbocycles. The topological polar surface area (TPSA) is 76.3 Å². The van der Waals surface area contributed by atoms with E-state index in [1.54, 1.807) is 54.6 Å². The minimum absolute atomic E-state index is 0.0216. The number of carbonyl (C=O) groups excluding carboxylic acids is 1. The molecule has 0 bridgehead atoms. The maximum Gasteiger partial charge on any atom is 0.266 e. The molecule has 4 rings (SSSR count). The Kier molecular flexibility index (Phi) is 6.18.